The Morgan fingerprint density at radius 3 is 2.95 bits per heavy atom. The van der Waals surface area contributed by atoms with Gasteiger partial charge in [-0.3, -0.25) is 9.36 Å². The molecule has 3 rings (SSSR count). The van der Waals surface area contributed by atoms with Gasteiger partial charge in [-0.15, -0.1) is 0 Å². The highest BCUT2D eigenvalue weighted by molar-refractivity contribution is 5.33. The van der Waals surface area contributed by atoms with E-state index in [9.17, 15) is 14.9 Å². The van der Waals surface area contributed by atoms with Gasteiger partial charge in [-0.25, -0.2) is 9.36 Å². The first kappa shape index (κ1) is 14.3. The van der Waals surface area contributed by atoms with E-state index in [0.717, 1.165) is 17.4 Å². The highest BCUT2D eigenvalue weighted by atomic mass is 16.5. The molecule has 0 amide bonds. The third-order valence-corrected chi connectivity index (χ3v) is 3.72. The van der Waals surface area contributed by atoms with Gasteiger partial charge in [0, 0.05) is 18.7 Å². The molecule has 1 aliphatic rings. The van der Waals surface area contributed by atoms with E-state index in [-0.39, 0.29) is 18.0 Å². The van der Waals surface area contributed by atoms with Crippen LogP contribution in [0.5, 0.6) is 0 Å². The Balaban J connectivity index is 2.06. The zero-order valence-corrected chi connectivity index (χ0v) is 12.2. The molecule has 0 atom stereocenters. The van der Waals surface area contributed by atoms with Crippen LogP contribution in [-0.2, 0) is 25.9 Å². The van der Waals surface area contributed by atoms with Crippen LogP contribution in [0.2, 0.25) is 0 Å². The quantitative estimate of drug-likeness (QED) is 0.799. The van der Waals surface area contributed by atoms with Crippen molar-refractivity contribution >= 4 is 0 Å². The van der Waals surface area contributed by atoms with Gasteiger partial charge in [0.15, 0.2) is 5.82 Å². The smallest absolute Gasteiger partial charge is 0.331 e. The molecule has 0 N–H and O–H groups in total. The van der Waals surface area contributed by atoms with E-state index in [1.807, 2.05) is 13.0 Å². The summed E-state index contributed by atoms with van der Waals surface area (Å²) in [5, 5.41) is 13.0. The molecular formula is C14H15N5O3. The van der Waals surface area contributed by atoms with Crippen LogP contribution in [0.25, 0.3) is 0 Å². The van der Waals surface area contributed by atoms with Crippen LogP contribution in [0.15, 0.2) is 14.1 Å². The average molecular weight is 301 g/mol. The molecule has 114 valence electrons. The highest BCUT2D eigenvalue weighted by Crippen LogP contribution is 2.13. The summed E-state index contributed by atoms with van der Waals surface area (Å²) in [6, 6.07) is 1.91. The van der Waals surface area contributed by atoms with Gasteiger partial charge in [0.05, 0.1) is 0 Å². The molecule has 0 saturated carbocycles. The Bertz CT molecular complexity index is 868. The number of aryl methyl sites for hydroxylation is 1. The fourth-order valence-electron chi connectivity index (χ4n) is 2.70. The minimum Gasteiger partial charge on any atom is -0.337 e. The second kappa shape index (κ2) is 5.60. The summed E-state index contributed by atoms with van der Waals surface area (Å²) in [7, 11) is 0. The first-order chi connectivity index (χ1) is 10.7. The molecule has 0 saturated heterocycles. The van der Waals surface area contributed by atoms with Gasteiger partial charge in [-0.1, -0.05) is 12.1 Å². The minimum atomic E-state index is -0.587. The lowest BCUT2D eigenvalue weighted by molar-refractivity contribution is 0.361. The fraction of sp³-hybridized carbons (Fsp3) is 0.500. The third-order valence-electron chi connectivity index (χ3n) is 3.72. The van der Waals surface area contributed by atoms with E-state index < -0.39 is 11.2 Å². The molecule has 0 aromatic carbocycles. The predicted octanol–water partition coefficient (Wildman–Crippen LogP) is 0.212. The summed E-state index contributed by atoms with van der Waals surface area (Å²) < 4.78 is 7.56. The predicted molar refractivity (Wildman–Crippen MR) is 75.4 cm³/mol. The van der Waals surface area contributed by atoms with Crippen molar-refractivity contribution in [2.24, 2.45) is 0 Å². The molecule has 3 heterocycles. The zero-order chi connectivity index (χ0) is 15.7. The molecule has 0 radical (unpaired) electrons. The van der Waals surface area contributed by atoms with Crippen LogP contribution >= 0.6 is 0 Å². The minimum absolute atomic E-state index is 0.0328. The maximum absolute atomic E-state index is 12.4. The van der Waals surface area contributed by atoms with E-state index in [2.05, 4.69) is 10.1 Å². The number of nitriles is 1. The molecule has 2 aromatic rings. The van der Waals surface area contributed by atoms with Crippen molar-refractivity contribution < 1.29 is 4.52 Å². The third kappa shape index (κ3) is 2.24. The van der Waals surface area contributed by atoms with Crippen LogP contribution in [-0.4, -0.2) is 19.3 Å². The summed E-state index contributed by atoms with van der Waals surface area (Å²) in [4.78, 5) is 28.9. The second-order valence-electron chi connectivity index (χ2n) is 5.22. The van der Waals surface area contributed by atoms with E-state index >= 15 is 0 Å². The maximum Gasteiger partial charge on any atom is 0.331 e. The topological polar surface area (TPSA) is 107 Å². The summed E-state index contributed by atoms with van der Waals surface area (Å²) in [6.07, 6.45) is 2.88. The van der Waals surface area contributed by atoms with Gasteiger partial charge in [0.25, 0.3) is 5.56 Å². The van der Waals surface area contributed by atoms with Gasteiger partial charge >= 0.3 is 5.69 Å². The largest absolute Gasteiger partial charge is 0.337 e. The van der Waals surface area contributed by atoms with Gasteiger partial charge in [0.2, 0.25) is 5.89 Å². The number of nitrogens with zero attached hydrogens (tertiary/aromatic N) is 5. The lowest BCUT2D eigenvalue weighted by atomic mass is 10.2. The molecule has 0 unspecified atom stereocenters. The van der Waals surface area contributed by atoms with Crippen molar-refractivity contribution in [2.45, 2.75) is 45.7 Å². The number of rotatable bonds is 4. The molecule has 0 aliphatic carbocycles. The number of hydrogen-bond acceptors (Lipinski definition) is 6. The van der Waals surface area contributed by atoms with Gasteiger partial charge < -0.3 is 4.52 Å². The zero-order valence-electron chi connectivity index (χ0n) is 12.2. The molecule has 0 bridgehead atoms. The Hall–Kier alpha value is -2.69. The first-order valence-corrected chi connectivity index (χ1v) is 7.23. The summed E-state index contributed by atoms with van der Waals surface area (Å²) in [5.74, 6) is 0.748. The Morgan fingerprint density at radius 2 is 2.23 bits per heavy atom. The van der Waals surface area contributed by atoms with Crippen molar-refractivity contribution in [1.82, 2.24) is 19.3 Å². The molecule has 0 fully saturated rings. The van der Waals surface area contributed by atoms with Crippen LogP contribution in [0, 0.1) is 11.3 Å². The van der Waals surface area contributed by atoms with Crippen LogP contribution in [0.4, 0.5) is 0 Å². The number of hydrogen-bond donors (Lipinski definition) is 0. The second-order valence-corrected chi connectivity index (χ2v) is 5.22. The Labute approximate surface area is 125 Å². The van der Waals surface area contributed by atoms with Gasteiger partial charge in [-0.05, 0) is 19.3 Å². The van der Waals surface area contributed by atoms with Crippen LogP contribution in [0.1, 0.15) is 42.7 Å². The van der Waals surface area contributed by atoms with E-state index in [1.54, 1.807) is 0 Å². The molecule has 8 heteroatoms. The molecule has 2 aromatic heterocycles. The van der Waals surface area contributed by atoms with E-state index in [1.165, 1.54) is 4.57 Å². The maximum atomic E-state index is 12.4. The SMILES string of the molecule is CCCc1noc(Cn2c(=O)c(C#N)c3n(c2=O)CCC3)n1. The van der Waals surface area contributed by atoms with Crippen LogP contribution in [0.3, 0.4) is 0 Å². The molecule has 0 spiro atoms. The summed E-state index contributed by atoms with van der Waals surface area (Å²) >= 11 is 0. The van der Waals surface area contributed by atoms with Crippen molar-refractivity contribution in [1.29, 1.82) is 5.26 Å². The molecule has 22 heavy (non-hydrogen) atoms. The Kier molecular flexibility index (Phi) is 3.63. The van der Waals surface area contributed by atoms with E-state index in [0.29, 0.717) is 30.9 Å². The normalized spacial score (nSPS) is 13.1. The summed E-state index contributed by atoms with van der Waals surface area (Å²) in [5.41, 5.74) is -0.445. The van der Waals surface area contributed by atoms with Crippen molar-refractivity contribution in [3.8, 4) is 6.07 Å². The molecule has 8 nitrogen and oxygen atoms in total. The molecule has 1 aliphatic heterocycles. The lowest BCUT2D eigenvalue weighted by Crippen LogP contribution is -2.42. The average Bonchev–Trinajstić information content (AvgIpc) is 3.14. The fourth-order valence-corrected chi connectivity index (χ4v) is 2.70. The van der Waals surface area contributed by atoms with Gasteiger partial charge in [0.1, 0.15) is 18.2 Å². The monoisotopic (exact) mass is 301 g/mol. The molecular weight excluding hydrogens is 286 g/mol. The Morgan fingerprint density at radius 1 is 1.41 bits per heavy atom. The standard InChI is InChI=1S/C14H15N5O3/c1-2-4-11-16-12(22-17-11)8-19-13(20)9(7-15)10-5-3-6-18(10)14(19)21/h2-6,8H2,1H3. The van der Waals surface area contributed by atoms with E-state index in [4.69, 9.17) is 4.52 Å². The van der Waals surface area contributed by atoms with Gasteiger partial charge in [-0.2, -0.15) is 10.2 Å². The van der Waals surface area contributed by atoms with Crippen molar-refractivity contribution in [3.05, 3.63) is 43.8 Å². The lowest BCUT2D eigenvalue weighted by Gasteiger charge is -2.08. The van der Waals surface area contributed by atoms with Crippen molar-refractivity contribution in [3.63, 3.8) is 0 Å². The first-order valence-electron chi connectivity index (χ1n) is 7.23. The number of aromatic nitrogens is 4. The van der Waals surface area contributed by atoms with Crippen molar-refractivity contribution in [2.75, 3.05) is 0 Å². The number of fused-ring (bicyclic) bond motifs is 1. The summed E-state index contributed by atoms with van der Waals surface area (Å²) in [6.45, 7) is 2.41. The van der Waals surface area contributed by atoms with Crippen LogP contribution < -0.4 is 11.2 Å². The highest BCUT2D eigenvalue weighted by Gasteiger charge is 2.23.